The van der Waals surface area contributed by atoms with Crippen molar-refractivity contribution in [1.29, 1.82) is 0 Å². The van der Waals surface area contributed by atoms with Gasteiger partial charge in [0, 0.05) is 11.8 Å². The summed E-state index contributed by atoms with van der Waals surface area (Å²) < 4.78 is 16.4. The third-order valence-corrected chi connectivity index (χ3v) is 5.75. The van der Waals surface area contributed by atoms with Crippen molar-refractivity contribution in [2.75, 3.05) is 6.61 Å². The van der Waals surface area contributed by atoms with Crippen molar-refractivity contribution in [2.24, 2.45) is 0 Å². The zero-order valence-electron chi connectivity index (χ0n) is 17.9. The maximum Gasteiger partial charge on any atom is 0.229 e. The van der Waals surface area contributed by atoms with Crippen molar-refractivity contribution < 1.29 is 44.2 Å². The van der Waals surface area contributed by atoms with Gasteiger partial charge in [0.2, 0.25) is 6.29 Å². The van der Waals surface area contributed by atoms with E-state index in [0.717, 1.165) is 16.5 Å². The molecule has 176 valence electrons. The number of furan rings is 1. The normalized spacial score (nSPS) is 25.3. The fraction of sp³-hybridized carbons (Fsp3) is 0.375. The second kappa shape index (κ2) is 9.50. The number of phenolic OH excluding ortho intramolecular Hbond substituents is 1. The minimum atomic E-state index is -1.64. The summed E-state index contributed by atoms with van der Waals surface area (Å²) in [6.07, 6.45) is -5.37. The van der Waals surface area contributed by atoms with Gasteiger partial charge in [-0.15, -0.1) is 0 Å². The lowest BCUT2D eigenvalue weighted by Crippen LogP contribution is -2.60. The summed E-state index contributed by atoms with van der Waals surface area (Å²) in [7, 11) is 0. The SMILES string of the molecule is Cc1cc(O)c(C(=O)CCc2ccc3occc3c2)c(O[C@@H]2O[C@H](CO)[C@@H](O)[C@H](O)[C@H]2O)c1. The molecule has 3 aromatic rings. The summed E-state index contributed by atoms with van der Waals surface area (Å²) in [4.78, 5) is 13.1. The minimum absolute atomic E-state index is 0.0351. The van der Waals surface area contributed by atoms with Crippen LogP contribution in [0.2, 0.25) is 0 Å². The molecule has 0 bridgehead atoms. The van der Waals surface area contributed by atoms with Crippen LogP contribution in [0.5, 0.6) is 11.5 Å². The Morgan fingerprint density at radius 1 is 1.06 bits per heavy atom. The van der Waals surface area contributed by atoms with E-state index >= 15 is 0 Å². The first-order valence-corrected chi connectivity index (χ1v) is 10.6. The highest BCUT2D eigenvalue weighted by atomic mass is 16.7. The molecule has 4 rings (SSSR count). The molecule has 33 heavy (non-hydrogen) atoms. The summed E-state index contributed by atoms with van der Waals surface area (Å²) >= 11 is 0. The number of ketones is 1. The number of hydrogen-bond donors (Lipinski definition) is 5. The van der Waals surface area contributed by atoms with E-state index in [0.29, 0.717) is 12.0 Å². The number of aromatic hydroxyl groups is 1. The number of Topliss-reactive ketones (excluding diaryl/α,β-unsaturated/α-hetero) is 1. The van der Waals surface area contributed by atoms with Crippen LogP contribution in [0.1, 0.15) is 27.9 Å². The number of benzene rings is 2. The lowest BCUT2D eigenvalue weighted by atomic mass is 9.98. The Morgan fingerprint density at radius 2 is 1.85 bits per heavy atom. The van der Waals surface area contributed by atoms with Crippen molar-refractivity contribution in [2.45, 2.75) is 50.5 Å². The van der Waals surface area contributed by atoms with Gasteiger partial charge in [-0.3, -0.25) is 4.79 Å². The van der Waals surface area contributed by atoms with Crippen LogP contribution >= 0.6 is 0 Å². The number of carbonyl (C=O) groups excluding carboxylic acids is 1. The molecule has 5 atom stereocenters. The van der Waals surface area contributed by atoms with Crippen molar-refractivity contribution in [3.05, 3.63) is 59.4 Å². The van der Waals surface area contributed by atoms with E-state index in [1.807, 2.05) is 24.3 Å². The van der Waals surface area contributed by atoms with Crippen LogP contribution in [-0.4, -0.2) is 68.6 Å². The Hall–Kier alpha value is -2.95. The quantitative estimate of drug-likeness (QED) is 0.331. The molecule has 1 aliphatic heterocycles. The zero-order valence-corrected chi connectivity index (χ0v) is 17.9. The standard InChI is InChI=1S/C24H26O9/c1-12-8-16(27)20(15(26)4-2-13-3-5-17-14(10-13)6-7-31-17)18(9-12)32-24-23(30)22(29)21(28)19(11-25)33-24/h3,5-10,19,21-25,27-30H,2,4,11H2,1H3/t19-,21-,22+,23-,24-/m1/s1. The maximum atomic E-state index is 13.1. The lowest BCUT2D eigenvalue weighted by molar-refractivity contribution is -0.277. The topological polar surface area (TPSA) is 150 Å². The smallest absolute Gasteiger partial charge is 0.229 e. The molecule has 1 aliphatic rings. The monoisotopic (exact) mass is 458 g/mol. The second-order valence-corrected chi connectivity index (χ2v) is 8.19. The molecule has 1 fully saturated rings. The molecule has 0 spiro atoms. The van der Waals surface area contributed by atoms with Crippen molar-refractivity contribution in [3.63, 3.8) is 0 Å². The van der Waals surface area contributed by atoms with E-state index in [4.69, 9.17) is 13.9 Å². The number of ether oxygens (including phenoxy) is 2. The molecule has 0 aliphatic carbocycles. The third kappa shape index (κ3) is 4.73. The van der Waals surface area contributed by atoms with Gasteiger partial charge in [0.15, 0.2) is 5.78 Å². The first-order valence-electron chi connectivity index (χ1n) is 10.6. The van der Waals surface area contributed by atoms with Crippen LogP contribution in [0.15, 0.2) is 47.1 Å². The van der Waals surface area contributed by atoms with Gasteiger partial charge in [-0.05, 0) is 54.8 Å². The third-order valence-electron chi connectivity index (χ3n) is 5.75. The van der Waals surface area contributed by atoms with Crippen molar-refractivity contribution in [3.8, 4) is 11.5 Å². The molecule has 5 N–H and O–H groups in total. The van der Waals surface area contributed by atoms with Crippen molar-refractivity contribution >= 4 is 16.8 Å². The maximum absolute atomic E-state index is 13.1. The van der Waals surface area contributed by atoms with Gasteiger partial charge in [-0.2, -0.15) is 0 Å². The van der Waals surface area contributed by atoms with Crippen LogP contribution in [0.4, 0.5) is 0 Å². The second-order valence-electron chi connectivity index (χ2n) is 8.19. The summed E-state index contributed by atoms with van der Waals surface area (Å²) in [6, 6.07) is 10.4. The molecule has 0 unspecified atom stereocenters. The summed E-state index contributed by atoms with van der Waals surface area (Å²) in [5, 5.41) is 51.0. The number of aliphatic hydroxyl groups excluding tert-OH is 4. The van der Waals surface area contributed by atoms with Gasteiger partial charge in [-0.1, -0.05) is 6.07 Å². The summed E-state index contributed by atoms with van der Waals surface area (Å²) in [5.41, 5.74) is 2.17. The average Bonchev–Trinajstić information content (AvgIpc) is 3.25. The molecule has 9 heteroatoms. The molecule has 9 nitrogen and oxygen atoms in total. The number of aryl methyl sites for hydroxylation is 2. The molecule has 1 aromatic heterocycles. The highest BCUT2D eigenvalue weighted by molar-refractivity contribution is 6.01. The molecule has 0 amide bonds. The fourth-order valence-electron chi connectivity index (χ4n) is 3.95. The predicted octanol–water partition coefficient (Wildman–Crippen LogP) is 1.44. The van der Waals surface area contributed by atoms with Crippen LogP contribution in [-0.2, 0) is 11.2 Å². The van der Waals surface area contributed by atoms with E-state index in [-0.39, 0.29) is 29.3 Å². The van der Waals surface area contributed by atoms with Crippen LogP contribution < -0.4 is 4.74 Å². The first kappa shape index (κ1) is 23.2. The molecule has 1 saturated heterocycles. The van der Waals surface area contributed by atoms with Crippen LogP contribution in [0.25, 0.3) is 11.0 Å². The van der Waals surface area contributed by atoms with Gasteiger partial charge in [-0.25, -0.2) is 0 Å². The number of phenols is 1. The van der Waals surface area contributed by atoms with Gasteiger partial charge in [0.05, 0.1) is 12.9 Å². The molecule has 2 heterocycles. The van der Waals surface area contributed by atoms with Crippen molar-refractivity contribution in [1.82, 2.24) is 0 Å². The highest BCUT2D eigenvalue weighted by Crippen LogP contribution is 2.34. The molecule has 0 saturated carbocycles. The van der Waals surface area contributed by atoms with E-state index in [9.17, 15) is 30.3 Å². The average molecular weight is 458 g/mol. The minimum Gasteiger partial charge on any atom is -0.507 e. The van der Waals surface area contributed by atoms with Gasteiger partial charge < -0.3 is 39.4 Å². The number of aliphatic hydroxyl groups is 4. The van der Waals surface area contributed by atoms with E-state index in [2.05, 4.69) is 0 Å². The molecular weight excluding hydrogens is 432 g/mol. The molecule has 2 aromatic carbocycles. The first-order chi connectivity index (χ1) is 15.8. The summed E-state index contributed by atoms with van der Waals surface area (Å²) in [5.74, 6) is -0.712. The largest absolute Gasteiger partial charge is 0.507 e. The lowest BCUT2D eigenvalue weighted by Gasteiger charge is -2.39. The zero-order chi connectivity index (χ0) is 23.7. The Kier molecular flexibility index (Phi) is 6.68. The fourth-order valence-corrected chi connectivity index (χ4v) is 3.95. The highest BCUT2D eigenvalue weighted by Gasteiger charge is 2.45. The van der Waals surface area contributed by atoms with E-state index in [1.165, 1.54) is 12.1 Å². The Labute approximate surface area is 189 Å². The number of rotatable bonds is 7. The Balaban J connectivity index is 1.55. The van der Waals surface area contributed by atoms with E-state index in [1.54, 1.807) is 13.2 Å². The number of carbonyl (C=O) groups is 1. The van der Waals surface area contributed by atoms with E-state index < -0.39 is 37.3 Å². The van der Waals surface area contributed by atoms with Crippen LogP contribution in [0, 0.1) is 6.92 Å². The summed E-state index contributed by atoms with van der Waals surface area (Å²) in [6.45, 7) is 1.07. The van der Waals surface area contributed by atoms with Gasteiger partial charge in [0.1, 0.15) is 47.1 Å². The predicted molar refractivity (Wildman–Crippen MR) is 116 cm³/mol. The molecule has 0 radical (unpaired) electrons. The Morgan fingerprint density at radius 3 is 2.61 bits per heavy atom. The van der Waals surface area contributed by atoms with Gasteiger partial charge >= 0.3 is 0 Å². The van der Waals surface area contributed by atoms with Gasteiger partial charge in [0.25, 0.3) is 0 Å². The Bertz CT molecular complexity index is 1140. The van der Waals surface area contributed by atoms with Crippen LogP contribution in [0.3, 0.4) is 0 Å². The number of hydrogen-bond acceptors (Lipinski definition) is 9. The number of fused-ring (bicyclic) bond motifs is 1. The molecular formula is C24H26O9.